The summed E-state index contributed by atoms with van der Waals surface area (Å²) in [5.74, 6) is 0. The SMILES string of the molecule is O=Cc1cn(Cc2ccccc2)c2ncccc12. The van der Waals surface area contributed by atoms with E-state index in [4.69, 9.17) is 0 Å². The number of hydrogen-bond donors (Lipinski definition) is 0. The van der Waals surface area contributed by atoms with Crippen molar-refractivity contribution in [2.75, 3.05) is 0 Å². The highest BCUT2D eigenvalue weighted by Gasteiger charge is 2.08. The lowest BCUT2D eigenvalue weighted by Gasteiger charge is -2.04. The Morgan fingerprint density at radius 2 is 1.94 bits per heavy atom. The molecule has 2 heterocycles. The number of pyridine rings is 1. The molecule has 0 bridgehead atoms. The first-order chi connectivity index (χ1) is 8.88. The van der Waals surface area contributed by atoms with Crippen molar-refractivity contribution in [2.24, 2.45) is 0 Å². The van der Waals surface area contributed by atoms with Crippen molar-refractivity contribution in [3.63, 3.8) is 0 Å². The second-order valence-corrected chi connectivity index (χ2v) is 4.19. The van der Waals surface area contributed by atoms with Crippen molar-refractivity contribution in [2.45, 2.75) is 6.54 Å². The minimum atomic E-state index is 0.689. The summed E-state index contributed by atoms with van der Waals surface area (Å²) in [4.78, 5) is 15.4. The molecular weight excluding hydrogens is 224 g/mol. The van der Waals surface area contributed by atoms with Crippen LogP contribution >= 0.6 is 0 Å². The lowest BCUT2D eigenvalue weighted by atomic mass is 10.2. The second-order valence-electron chi connectivity index (χ2n) is 4.19. The molecule has 0 aliphatic rings. The molecule has 0 unspecified atom stereocenters. The third-order valence-corrected chi connectivity index (χ3v) is 2.99. The summed E-state index contributed by atoms with van der Waals surface area (Å²) >= 11 is 0. The number of fused-ring (bicyclic) bond motifs is 1. The van der Waals surface area contributed by atoms with Crippen LogP contribution in [0, 0.1) is 0 Å². The zero-order valence-corrected chi connectivity index (χ0v) is 9.78. The third-order valence-electron chi connectivity index (χ3n) is 2.99. The molecule has 0 aliphatic heterocycles. The zero-order chi connectivity index (χ0) is 12.4. The van der Waals surface area contributed by atoms with Gasteiger partial charge in [-0.1, -0.05) is 30.3 Å². The number of nitrogens with zero attached hydrogens (tertiary/aromatic N) is 2. The number of benzene rings is 1. The van der Waals surface area contributed by atoms with Crippen LogP contribution in [0.1, 0.15) is 15.9 Å². The minimum Gasteiger partial charge on any atom is -0.327 e. The lowest BCUT2D eigenvalue weighted by Crippen LogP contribution is -1.98. The minimum absolute atomic E-state index is 0.689. The standard InChI is InChI=1S/C15H12N2O/c18-11-13-10-17(9-12-5-2-1-3-6-12)15-14(13)7-4-8-16-15/h1-8,10-11H,9H2. The van der Waals surface area contributed by atoms with Crippen molar-refractivity contribution in [3.8, 4) is 0 Å². The van der Waals surface area contributed by atoms with Crippen LogP contribution in [0.4, 0.5) is 0 Å². The van der Waals surface area contributed by atoms with Crippen LogP contribution in [0.15, 0.2) is 54.9 Å². The molecule has 3 aromatic rings. The van der Waals surface area contributed by atoms with E-state index in [2.05, 4.69) is 17.1 Å². The number of hydrogen-bond acceptors (Lipinski definition) is 2. The largest absolute Gasteiger partial charge is 0.327 e. The molecule has 0 spiro atoms. The first-order valence-corrected chi connectivity index (χ1v) is 5.81. The molecule has 2 aromatic heterocycles. The summed E-state index contributed by atoms with van der Waals surface area (Å²) in [5, 5.41) is 0.906. The maximum absolute atomic E-state index is 11.0. The molecule has 0 saturated carbocycles. The van der Waals surface area contributed by atoms with Gasteiger partial charge in [-0.2, -0.15) is 0 Å². The van der Waals surface area contributed by atoms with E-state index in [-0.39, 0.29) is 0 Å². The Labute approximate surface area is 105 Å². The van der Waals surface area contributed by atoms with E-state index in [1.165, 1.54) is 5.56 Å². The van der Waals surface area contributed by atoms with E-state index in [0.717, 1.165) is 23.9 Å². The Kier molecular flexibility index (Phi) is 2.65. The number of carbonyl (C=O) groups excluding carboxylic acids is 1. The summed E-state index contributed by atoms with van der Waals surface area (Å²) in [7, 11) is 0. The summed E-state index contributed by atoms with van der Waals surface area (Å²) in [6.45, 7) is 0.724. The van der Waals surface area contributed by atoms with Gasteiger partial charge in [-0.3, -0.25) is 4.79 Å². The van der Waals surface area contributed by atoms with E-state index in [1.54, 1.807) is 6.20 Å². The second kappa shape index (κ2) is 4.45. The number of aldehydes is 1. The smallest absolute Gasteiger partial charge is 0.152 e. The highest BCUT2D eigenvalue weighted by Crippen LogP contribution is 2.18. The average molecular weight is 236 g/mol. The van der Waals surface area contributed by atoms with Crippen molar-refractivity contribution in [1.82, 2.24) is 9.55 Å². The molecule has 0 saturated heterocycles. The predicted molar refractivity (Wildman–Crippen MR) is 70.7 cm³/mol. The van der Waals surface area contributed by atoms with Gasteiger partial charge in [-0.15, -0.1) is 0 Å². The summed E-state index contributed by atoms with van der Waals surface area (Å²) in [6.07, 6.45) is 4.49. The molecule has 0 amide bonds. The predicted octanol–water partition coefficient (Wildman–Crippen LogP) is 2.90. The van der Waals surface area contributed by atoms with Gasteiger partial charge in [0.1, 0.15) is 5.65 Å². The Morgan fingerprint density at radius 3 is 2.72 bits per heavy atom. The van der Waals surface area contributed by atoms with Gasteiger partial charge in [0.25, 0.3) is 0 Å². The Balaban J connectivity index is 2.10. The first kappa shape index (κ1) is 10.7. The van der Waals surface area contributed by atoms with E-state index in [1.807, 2.05) is 41.1 Å². The van der Waals surface area contributed by atoms with Crippen LogP contribution in [0.2, 0.25) is 0 Å². The van der Waals surface area contributed by atoms with Crippen molar-refractivity contribution in [1.29, 1.82) is 0 Å². The fourth-order valence-corrected chi connectivity index (χ4v) is 2.14. The number of aromatic nitrogens is 2. The molecule has 0 N–H and O–H groups in total. The first-order valence-electron chi connectivity index (χ1n) is 5.81. The number of rotatable bonds is 3. The summed E-state index contributed by atoms with van der Waals surface area (Å²) in [5.41, 5.74) is 2.73. The van der Waals surface area contributed by atoms with E-state index in [0.29, 0.717) is 5.56 Å². The molecule has 3 rings (SSSR count). The van der Waals surface area contributed by atoms with Gasteiger partial charge in [-0.05, 0) is 17.7 Å². The van der Waals surface area contributed by atoms with E-state index < -0.39 is 0 Å². The quantitative estimate of drug-likeness (QED) is 0.655. The normalized spacial score (nSPS) is 10.7. The lowest BCUT2D eigenvalue weighted by molar-refractivity contribution is 0.112. The van der Waals surface area contributed by atoms with Crippen LogP contribution in [-0.4, -0.2) is 15.8 Å². The van der Waals surface area contributed by atoms with Crippen LogP contribution in [0.5, 0.6) is 0 Å². The van der Waals surface area contributed by atoms with Crippen molar-refractivity contribution >= 4 is 17.3 Å². The summed E-state index contributed by atoms with van der Waals surface area (Å²) < 4.78 is 2.01. The van der Waals surface area contributed by atoms with Crippen LogP contribution in [-0.2, 0) is 6.54 Å². The van der Waals surface area contributed by atoms with Crippen molar-refractivity contribution < 1.29 is 4.79 Å². The Hall–Kier alpha value is -2.42. The van der Waals surface area contributed by atoms with Gasteiger partial charge in [-0.25, -0.2) is 4.98 Å². The van der Waals surface area contributed by atoms with Gasteiger partial charge < -0.3 is 4.57 Å². The molecule has 88 valence electrons. The Morgan fingerprint density at radius 1 is 1.11 bits per heavy atom. The third kappa shape index (κ3) is 1.80. The molecule has 0 radical (unpaired) electrons. The fourth-order valence-electron chi connectivity index (χ4n) is 2.14. The molecule has 0 fully saturated rings. The molecule has 0 atom stereocenters. The van der Waals surface area contributed by atoms with Gasteiger partial charge in [0.2, 0.25) is 0 Å². The van der Waals surface area contributed by atoms with Crippen molar-refractivity contribution in [3.05, 3.63) is 66.0 Å². The van der Waals surface area contributed by atoms with E-state index in [9.17, 15) is 4.79 Å². The Bertz CT molecular complexity index is 686. The highest BCUT2D eigenvalue weighted by atomic mass is 16.1. The molecule has 0 aliphatic carbocycles. The van der Waals surface area contributed by atoms with Crippen LogP contribution in [0.3, 0.4) is 0 Å². The molecule has 18 heavy (non-hydrogen) atoms. The zero-order valence-electron chi connectivity index (χ0n) is 9.78. The van der Waals surface area contributed by atoms with Crippen LogP contribution in [0.25, 0.3) is 11.0 Å². The van der Waals surface area contributed by atoms with Gasteiger partial charge in [0.05, 0.1) is 0 Å². The van der Waals surface area contributed by atoms with Gasteiger partial charge in [0, 0.05) is 29.9 Å². The highest BCUT2D eigenvalue weighted by molar-refractivity contribution is 5.95. The van der Waals surface area contributed by atoms with Crippen LogP contribution < -0.4 is 0 Å². The monoisotopic (exact) mass is 236 g/mol. The molecule has 3 nitrogen and oxygen atoms in total. The topological polar surface area (TPSA) is 34.9 Å². The average Bonchev–Trinajstić information content (AvgIpc) is 2.78. The fraction of sp³-hybridized carbons (Fsp3) is 0.0667. The molecule has 3 heteroatoms. The van der Waals surface area contributed by atoms with Gasteiger partial charge >= 0.3 is 0 Å². The number of carbonyl (C=O) groups is 1. The van der Waals surface area contributed by atoms with E-state index >= 15 is 0 Å². The van der Waals surface area contributed by atoms with Gasteiger partial charge in [0.15, 0.2) is 6.29 Å². The molecule has 1 aromatic carbocycles. The summed E-state index contributed by atoms with van der Waals surface area (Å²) in [6, 6.07) is 13.9. The maximum atomic E-state index is 11.0. The molecular formula is C15H12N2O. The maximum Gasteiger partial charge on any atom is 0.152 e.